The number of nitro benzene ring substituents is 1. The molecule has 2 amide bonds. The van der Waals surface area contributed by atoms with Gasteiger partial charge in [0, 0.05) is 22.2 Å². The SMILES string of the molecule is Cc1cc(Br)cc(Br)c1OCC(=O)NC(=S)NNC(=O)c1cccc([N+](=O)[O-])c1. The quantitative estimate of drug-likeness (QED) is 0.299. The van der Waals surface area contributed by atoms with Crippen molar-refractivity contribution in [3.63, 3.8) is 0 Å². The molecular formula is C17H14Br2N4O5S. The number of hydrazine groups is 1. The minimum absolute atomic E-state index is 0.0553. The monoisotopic (exact) mass is 544 g/mol. The van der Waals surface area contributed by atoms with Crippen molar-refractivity contribution >= 4 is 66.7 Å². The lowest BCUT2D eigenvalue weighted by Crippen LogP contribution is -2.49. The zero-order chi connectivity index (χ0) is 21.6. The maximum Gasteiger partial charge on any atom is 0.270 e. The minimum atomic E-state index is -0.657. The van der Waals surface area contributed by atoms with Crippen molar-refractivity contribution < 1.29 is 19.2 Å². The van der Waals surface area contributed by atoms with Gasteiger partial charge in [-0.15, -0.1) is 0 Å². The lowest BCUT2D eigenvalue weighted by atomic mass is 10.2. The predicted octanol–water partition coefficient (Wildman–Crippen LogP) is 3.14. The van der Waals surface area contributed by atoms with Gasteiger partial charge in [0.25, 0.3) is 17.5 Å². The second-order valence-electron chi connectivity index (χ2n) is 5.59. The van der Waals surface area contributed by atoms with E-state index in [2.05, 4.69) is 48.0 Å². The minimum Gasteiger partial charge on any atom is -0.482 e. The van der Waals surface area contributed by atoms with Gasteiger partial charge in [-0.25, -0.2) is 0 Å². The zero-order valence-corrected chi connectivity index (χ0v) is 18.8. The highest BCUT2D eigenvalue weighted by molar-refractivity contribution is 9.11. The summed E-state index contributed by atoms with van der Waals surface area (Å²) in [7, 11) is 0. The van der Waals surface area contributed by atoms with Crippen LogP contribution in [-0.4, -0.2) is 28.5 Å². The van der Waals surface area contributed by atoms with Crippen LogP contribution in [0.25, 0.3) is 0 Å². The second-order valence-corrected chi connectivity index (χ2v) is 7.76. The molecule has 0 unspecified atom stereocenters. The number of halogens is 2. The third kappa shape index (κ3) is 6.76. The molecule has 29 heavy (non-hydrogen) atoms. The average Bonchev–Trinajstić information content (AvgIpc) is 2.65. The Bertz CT molecular complexity index is 963. The zero-order valence-electron chi connectivity index (χ0n) is 14.8. The van der Waals surface area contributed by atoms with Crippen LogP contribution in [0.1, 0.15) is 15.9 Å². The molecule has 0 atom stereocenters. The van der Waals surface area contributed by atoms with E-state index < -0.39 is 16.7 Å². The Kier molecular flexibility index (Phi) is 8.05. The molecule has 9 nitrogen and oxygen atoms in total. The van der Waals surface area contributed by atoms with E-state index in [4.69, 9.17) is 17.0 Å². The standard InChI is InChI=1S/C17H14Br2N4O5S/c1-9-5-11(18)7-13(19)15(9)28-8-14(24)20-17(29)22-21-16(25)10-3-2-4-12(6-10)23(26)27/h2-7H,8H2,1H3,(H,21,25)(H2,20,22,24,29). The van der Waals surface area contributed by atoms with E-state index in [0.29, 0.717) is 10.2 Å². The molecule has 0 saturated heterocycles. The molecule has 152 valence electrons. The van der Waals surface area contributed by atoms with E-state index in [1.165, 1.54) is 18.2 Å². The Morgan fingerprint density at radius 3 is 2.59 bits per heavy atom. The number of nitrogens with zero attached hydrogens (tertiary/aromatic N) is 1. The smallest absolute Gasteiger partial charge is 0.270 e. The normalized spacial score (nSPS) is 10.0. The Morgan fingerprint density at radius 1 is 1.21 bits per heavy atom. The van der Waals surface area contributed by atoms with Crippen molar-refractivity contribution in [2.45, 2.75) is 6.92 Å². The highest BCUT2D eigenvalue weighted by atomic mass is 79.9. The molecule has 3 N–H and O–H groups in total. The van der Waals surface area contributed by atoms with E-state index in [9.17, 15) is 19.7 Å². The van der Waals surface area contributed by atoms with Gasteiger partial charge >= 0.3 is 0 Å². The lowest BCUT2D eigenvalue weighted by molar-refractivity contribution is -0.384. The van der Waals surface area contributed by atoms with Gasteiger partial charge in [0.2, 0.25) is 0 Å². The topological polar surface area (TPSA) is 123 Å². The van der Waals surface area contributed by atoms with Crippen LogP contribution in [-0.2, 0) is 4.79 Å². The molecule has 2 aromatic rings. The first-order valence-electron chi connectivity index (χ1n) is 7.90. The fourth-order valence-electron chi connectivity index (χ4n) is 2.15. The number of nitro groups is 1. The van der Waals surface area contributed by atoms with Gasteiger partial charge in [-0.3, -0.25) is 35.9 Å². The Labute approximate surface area is 187 Å². The molecule has 2 rings (SSSR count). The van der Waals surface area contributed by atoms with Gasteiger partial charge in [-0.1, -0.05) is 22.0 Å². The molecule has 0 spiro atoms. The van der Waals surface area contributed by atoms with Crippen molar-refractivity contribution in [1.29, 1.82) is 0 Å². The molecule has 12 heteroatoms. The molecule has 0 aliphatic heterocycles. The van der Waals surface area contributed by atoms with Crippen LogP contribution in [0.2, 0.25) is 0 Å². The molecule has 0 heterocycles. The summed E-state index contributed by atoms with van der Waals surface area (Å²) in [4.78, 5) is 34.1. The van der Waals surface area contributed by atoms with Gasteiger partial charge in [0.1, 0.15) is 5.75 Å². The van der Waals surface area contributed by atoms with E-state index >= 15 is 0 Å². The van der Waals surface area contributed by atoms with Crippen LogP contribution in [0.5, 0.6) is 5.75 Å². The second kappa shape index (κ2) is 10.3. The maximum atomic E-state index is 12.0. The van der Waals surface area contributed by atoms with Crippen LogP contribution in [0, 0.1) is 17.0 Å². The molecular weight excluding hydrogens is 532 g/mol. The first-order chi connectivity index (χ1) is 13.7. The van der Waals surface area contributed by atoms with E-state index in [1.54, 1.807) is 6.07 Å². The summed E-state index contributed by atoms with van der Waals surface area (Å²) in [5.41, 5.74) is 5.25. The molecule has 0 saturated carbocycles. The van der Waals surface area contributed by atoms with Crippen LogP contribution < -0.4 is 20.9 Å². The van der Waals surface area contributed by atoms with Crippen LogP contribution in [0.4, 0.5) is 5.69 Å². The van der Waals surface area contributed by atoms with Gasteiger partial charge < -0.3 is 4.74 Å². The van der Waals surface area contributed by atoms with Crippen molar-refractivity contribution in [2.75, 3.05) is 6.61 Å². The number of thiocarbonyl (C=S) groups is 1. The molecule has 2 aromatic carbocycles. The van der Waals surface area contributed by atoms with E-state index in [-0.39, 0.29) is 23.0 Å². The highest BCUT2D eigenvalue weighted by Gasteiger charge is 2.13. The Morgan fingerprint density at radius 2 is 1.93 bits per heavy atom. The summed E-state index contributed by atoms with van der Waals surface area (Å²) in [5.74, 6) is -0.682. The number of benzene rings is 2. The highest BCUT2D eigenvalue weighted by Crippen LogP contribution is 2.32. The number of rotatable bonds is 5. The number of aryl methyl sites for hydroxylation is 1. The first-order valence-corrected chi connectivity index (χ1v) is 9.90. The molecule has 0 radical (unpaired) electrons. The third-order valence-electron chi connectivity index (χ3n) is 3.40. The van der Waals surface area contributed by atoms with E-state index in [1.807, 2.05) is 13.0 Å². The molecule has 0 aliphatic carbocycles. The Hall–Kier alpha value is -2.57. The first kappa shape index (κ1) is 22.7. The molecule has 0 aromatic heterocycles. The summed E-state index contributed by atoms with van der Waals surface area (Å²) in [6.07, 6.45) is 0. The summed E-state index contributed by atoms with van der Waals surface area (Å²) in [6.45, 7) is 1.53. The molecule has 0 fully saturated rings. The fourth-order valence-corrected chi connectivity index (χ4v) is 3.87. The van der Waals surface area contributed by atoms with Crippen LogP contribution in [0.3, 0.4) is 0 Å². The third-order valence-corrected chi connectivity index (χ3v) is 4.65. The average molecular weight is 546 g/mol. The number of carbonyl (C=O) groups is 2. The van der Waals surface area contributed by atoms with Gasteiger partial charge in [0.05, 0.1) is 9.40 Å². The summed E-state index contributed by atoms with van der Waals surface area (Å²) >= 11 is 11.6. The molecule has 0 aliphatic rings. The largest absolute Gasteiger partial charge is 0.482 e. The number of non-ortho nitro benzene ring substituents is 1. The number of carbonyl (C=O) groups excluding carboxylic acids is 2. The lowest BCUT2D eigenvalue weighted by Gasteiger charge is -2.13. The number of nitrogens with one attached hydrogen (secondary N) is 3. The number of hydrogen-bond donors (Lipinski definition) is 3. The van der Waals surface area contributed by atoms with Gasteiger partial charge in [0.15, 0.2) is 11.7 Å². The van der Waals surface area contributed by atoms with E-state index in [0.717, 1.165) is 16.1 Å². The van der Waals surface area contributed by atoms with Gasteiger partial charge in [-0.2, -0.15) is 0 Å². The van der Waals surface area contributed by atoms with Crippen molar-refractivity contribution in [3.8, 4) is 5.75 Å². The number of hydrogen-bond acceptors (Lipinski definition) is 6. The van der Waals surface area contributed by atoms with Crippen molar-refractivity contribution in [2.24, 2.45) is 0 Å². The summed E-state index contributed by atoms with van der Waals surface area (Å²) < 4.78 is 7.04. The predicted molar refractivity (Wildman–Crippen MR) is 117 cm³/mol. The number of amides is 2. The van der Waals surface area contributed by atoms with Crippen LogP contribution >= 0.6 is 44.1 Å². The van der Waals surface area contributed by atoms with Crippen LogP contribution in [0.15, 0.2) is 45.3 Å². The molecule has 0 bridgehead atoms. The summed E-state index contributed by atoms with van der Waals surface area (Å²) in [6, 6.07) is 8.79. The van der Waals surface area contributed by atoms with Crippen molar-refractivity contribution in [1.82, 2.24) is 16.2 Å². The Balaban J connectivity index is 1.83. The fraction of sp³-hybridized carbons (Fsp3) is 0.118. The van der Waals surface area contributed by atoms with Gasteiger partial charge in [-0.05, 0) is 58.8 Å². The number of ether oxygens (including phenoxy) is 1. The maximum absolute atomic E-state index is 12.0. The van der Waals surface area contributed by atoms with Crippen molar-refractivity contribution in [3.05, 3.63) is 66.6 Å². The summed E-state index contributed by atoms with van der Waals surface area (Å²) in [5, 5.41) is 12.9.